The molecule has 0 N–H and O–H groups in total. The number of fused-ring (bicyclic) bond motifs is 1. The summed E-state index contributed by atoms with van der Waals surface area (Å²) in [5.74, 6) is 0. The quantitative estimate of drug-likeness (QED) is 0.727. The van der Waals surface area contributed by atoms with Gasteiger partial charge in [-0.2, -0.15) is 5.10 Å². The molecule has 0 radical (unpaired) electrons. The van der Waals surface area contributed by atoms with Crippen molar-refractivity contribution >= 4 is 22.4 Å². The number of halogens is 1. The van der Waals surface area contributed by atoms with Crippen LogP contribution in [0.4, 0.5) is 0 Å². The van der Waals surface area contributed by atoms with Crippen molar-refractivity contribution in [1.29, 1.82) is 0 Å². The Kier molecular flexibility index (Phi) is 3.24. The summed E-state index contributed by atoms with van der Waals surface area (Å²) in [5, 5.41) is 6.49. The van der Waals surface area contributed by atoms with E-state index in [2.05, 4.69) is 10.1 Å². The molecule has 20 heavy (non-hydrogen) atoms. The molecule has 1 aromatic carbocycles. The first kappa shape index (κ1) is 12.8. The lowest BCUT2D eigenvalue weighted by Gasteiger charge is -2.07. The van der Waals surface area contributed by atoms with E-state index in [0.29, 0.717) is 16.8 Å². The van der Waals surface area contributed by atoms with Gasteiger partial charge in [0.2, 0.25) is 0 Å². The lowest BCUT2D eigenvalue weighted by Crippen LogP contribution is -2.21. The lowest BCUT2D eigenvalue weighted by molar-refractivity contribution is 0.696. The highest BCUT2D eigenvalue weighted by molar-refractivity contribution is 6.30. The number of nitrogens with zero attached hydrogens (tertiary/aromatic N) is 3. The monoisotopic (exact) mass is 285 g/mol. The second-order valence-corrected chi connectivity index (χ2v) is 5.04. The largest absolute Gasteiger partial charge is 0.274 e. The molecule has 4 nitrogen and oxygen atoms in total. The molecule has 0 aliphatic rings. The van der Waals surface area contributed by atoms with Gasteiger partial charge in [0.1, 0.15) is 0 Å². The van der Waals surface area contributed by atoms with Crippen LogP contribution in [0.5, 0.6) is 0 Å². The maximum absolute atomic E-state index is 12.0. The fourth-order valence-electron chi connectivity index (χ4n) is 2.19. The van der Waals surface area contributed by atoms with Gasteiger partial charge in [-0.05, 0) is 23.8 Å². The number of aromatic nitrogens is 3. The molecular formula is C15H12ClN3O. The molecule has 0 saturated carbocycles. The first-order valence-electron chi connectivity index (χ1n) is 6.19. The van der Waals surface area contributed by atoms with Crippen molar-refractivity contribution in [3.8, 4) is 0 Å². The predicted molar refractivity (Wildman–Crippen MR) is 79.0 cm³/mol. The fraction of sp³-hybridized carbons (Fsp3) is 0.133. The molecular weight excluding hydrogens is 274 g/mol. The lowest BCUT2D eigenvalue weighted by atomic mass is 10.1. The number of hydrogen-bond acceptors (Lipinski definition) is 3. The molecule has 2 heterocycles. The van der Waals surface area contributed by atoms with Crippen LogP contribution < -0.4 is 5.56 Å². The van der Waals surface area contributed by atoms with Crippen LogP contribution in [0.15, 0.2) is 47.5 Å². The number of pyridine rings is 1. The summed E-state index contributed by atoms with van der Waals surface area (Å²) in [6.07, 6.45) is 3.94. The third-order valence-electron chi connectivity index (χ3n) is 3.21. The highest BCUT2D eigenvalue weighted by Crippen LogP contribution is 2.17. The third kappa shape index (κ3) is 2.30. The molecule has 0 bridgehead atoms. The van der Waals surface area contributed by atoms with Gasteiger partial charge in [-0.25, -0.2) is 4.68 Å². The zero-order chi connectivity index (χ0) is 14.1. The summed E-state index contributed by atoms with van der Waals surface area (Å²) < 4.78 is 1.37. The maximum atomic E-state index is 12.0. The summed E-state index contributed by atoms with van der Waals surface area (Å²) in [4.78, 5) is 16.1. The SMILES string of the molecule is Cn1nc(Cc2ccc(Cl)cc2)c2cnccc2c1=O. The first-order chi connectivity index (χ1) is 9.65. The van der Waals surface area contributed by atoms with Gasteiger partial charge in [0.15, 0.2) is 0 Å². The summed E-state index contributed by atoms with van der Waals surface area (Å²) in [6.45, 7) is 0. The van der Waals surface area contributed by atoms with Crippen LogP contribution in [0.2, 0.25) is 5.02 Å². The molecule has 0 fully saturated rings. The van der Waals surface area contributed by atoms with Gasteiger partial charge in [-0.3, -0.25) is 9.78 Å². The minimum Gasteiger partial charge on any atom is -0.267 e. The summed E-state index contributed by atoms with van der Waals surface area (Å²) >= 11 is 5.88. The second kappa shape index (κ2) is 5.06. The van der Waals surface area contributed by atoms with Gasteiger partial charge in [-0.15, -0.1) is 0 Å². The van der Waals surface area contributed by atoms with Crippen LogP contribution in [-0.2, 0) is 13.5 Å². The molecule has 0 saturated heterocycles. The summed E-state index contributed by atoms with van der Waals surface area (Å²) in [6, 6.07) is 9.33. The molecule has 3 aromatic rings. The zero-order valence-corrected chi connectivity index (χ0v) is 11.6. The Morgan fingerprint density at radius 2 is 1.90 bits per heavy atom. The van der Waals surface area contributed by atoms with E-state index in [1.165, 1.54) is 4.68 Å². The highest BCUT2D eigenvalue weighted by Gasteiger charge is 2.09. The van der Waals surface area contributed by atoms with E-state index in [4.69, 9.17) is 11.6 Å². The Hall–Kier alpha value is -2.20. The Bertz CT molecular complexity index is 825. The molecule has 0 unspecified atom stereocenters. The molecule has 100 valence electrons. The number of hydrogen-bond donors (Lipinski definition) is 0. The minimum atomic E-state index is -0.109. The van der Waals surface area contributed by atoms with Crippen LogP contribution in [0.25, 0.3) is 10.8 Å². The van der Waals surface area contributed by atoms with Crippen LogP contribution in [0.1, 0.15) is 11.3 Å². The van der Waals surface area contributed by atoms with Gasteiger partial charge < -0.3 is 0 Å². The summed E-state index contributed by atoms with van der Waals surface area (Å²) in [7, 11) is 1.66. The Balaban J connectivity index is 2.14. The molecule has 0 aliphatic heterocycles. The highest BCUT2D eigenvalue weighted by atomic mass is 35.5. The van der Waals surface area contributed by atoms with E-state index < -0.39 is 0 Å². The van der Waals surface area contributed by atoms with Crippen LogP contribution >= 0.6 is 11.6 Å². The normalized spacial score (nSPS) is 10.9. The van der Waals surface area contributed by atoms with E-state index in [1.54, 1.807) is 25.5 Å². The van der Waals surface area contributed by atoms with Crippen molar-refractivity contribution in [3.05, 3.63) is 69.4 Å². The molecule has 0 amide bonds. The number of aryl methyl sites for hydroxylation is 1. The number of rotatable bonds is 2. The Morgan fingerprint density at radius 1 is 1.15 bits per heavy atom. The van der Waals surface area contributed by atoms with Crippen molar-refractivity contribution in [2.75, 3.05) is 0 Å². The summed E-state index contributed by atoms with van der Waals surface area (Å²) in [5.41, 5.74) is 1.81. The predicted octanol–water partition coefficient (Wildman–Crippen LogP) is 2.57. The first-order valence-corrected chi connectivity index (χ1v) is 6.57. The molecule has 2 aromatic heterocycles. The molecule has 0 spiro atoms. The van der Waals surface area contributed by atoms with E-state index in [1.807, 2.05) is 24.3 Å². The maximum Gasteiger partial charge on any atom is 0.274 e. The van der Waals surface area contributed by atoms with E-state index in [-0.39, 0.29) is 5.56 Å². The van der Waals surface area contributed by atoms with Crippen molar-refractivity contribution in [2.24, 2.45) is 7.05 Å². The second-order valence-electron chi connectivity index (χ2n) is 4.60. The average Bonchev–Trinajstić information content (AvgIpc) is 2.47. The van der Waals surface area contributed by atoms with Gasteiger partial charge in [-0.1, -0.05) is 23.7 Å². The number of benzene rings is 1. The van der Waals surface area contributed by atoms with Crippen LogP contribution in [0.3, 0.4) is 0 Å². The van der Waals surface area contributed by atoms with Crippen LogP contribution in [-0.4, -0.2) is 14.8 Å². The smallest absolute Gasteiger partial charge is 0.267 e. The van der Waals surface area contributed by atoms with E-state index in [0.717, 1.165) is 16.6 Å². The third-order valence-corrected chi connectivity index (χ3v) is 3.46. The molecule has 5 heteroatoms. The van der Waals surface area contributed by atoms with Crippen molar-refractivity contribution in [3.63, 3.8) is 0 Å². The minimum absolute atomic E-state index is 0.109. The van der Waals surface area contributed by atoms with Crippen molar-refractivity contribution in [2.45, 2.75) is 6.42 Å². The van der Waals surface area contributed by atoms with Gasteiger partial charge >= 0.3 is 0 Å². The average molecular weight is 286 g/mol. The Morgan fingerprint density at radius 3 is 2.65 bits per heavy atom. The van der Waals surface area contributed by atoms with Gasteiger partial charge in [0, 0.05) is 36.3 Å². The van der Waals surface area contributed by atoms with E-state index in [9.17, 15) is 4.79 Å². The Labute approximate surface area is 120 Å². The standard InChI is InChI=1S/C15H12ClN3O/c1-19-15(20)12-6-7-17-9-13(12)14(18-19)8-10-2-4-11(16)5-3-10/h2-7,9H,8H2,1H3. The van der Waals surface area contributed by atoms with Crippen molar-refractivity contribution in [1.82, 2.24) is 14.8 Å². The van der Waals surface area contributed by atoms with Gasteiger partial charge in [0.05, 0.1) is 11.1 Å². The molecule has 0 aliphatic carbocycles. The molecule has 3 rings (SSSR count). The topological polar surface area (TPSA) is 47.8 Å². The molecule has 0 atom stereocenters. The van der Waals surface area contributed by atoms with E-state index >= 15 is 0 Å². The van der Waals surface area contributed by atoms with Crippen molar-refractivity contribution < 1.29 is 0 Å². The van der Waals surface area contributed by atoms with Gasteiger partial charge in [0.25, 0.3) is 5.56 Å². The van der Waals surface area contributed by atoms with Crippen LogP contribution in [0, 0.1) is 0 Å². The fourth-order valence-corrected chi connectivity index (χ4v) is 2.32. The zero-order valence-electron chi connectivity index (χ0n) is 10.9.